The third kappa shape index (κ3) is 4.27. The van der Waals surface area contributed by atoms with Crippen LogP contribution >= 0.6 is 11.8 Å². The van der Waals surface area contributed by atoms with E-state index >= 15 is 0 Å². The number of fused-ring (bicyclic) bond motifs is 1. The molecule has 154 valence electrons. The highest BCUT2D eigenvalue weighted by Gasteiger charge is 2.33. The highest BCUT2D eigenvalue weighted by atomic mass is 32.2. The Balaban J connectivity index is 1.52. The van der Waals surface area contributed by atoms with Crippen molar-refractivity contribution in [2.75, 3.05) is 31.1 Å². The van der Waals surface area contributed by atoms with Crippen LogP contribution in [-0.4, -0.2) is 38.2 Å². The van der Waals surface area contributed by atoms with E-state index in [2.05, 4.69) is 11.0 Å². The summed E-state index contributed by atoms with van der Waals surface area (Å²) in [5.41, 5.74) is 3.82. The van der Waals surface area contributed by atoms with Crippen molar-refractivity contribution in [1.29, 1.82) is 0 Å². The normalized spacial score (nSPS) is 19.5. The quantitative estimate of drug-likeness (QED) is 0.601. The first kappa shape index (κ1) is 20.2. The molecule has 2 aliphatic rings. The van der Waals surface area contributed by atoms with Crippen LogP contribution in [0.5, 0.6) is 5.75 Å². The summed E-state index contributed by atoms with van der Waals surface area (Å²) < 4.78 is 31.5. The Morgan fingerprint density at radius 1 is 1.17 bits per heavy atom. The fraction of sp³-hybridized carbons (Fsp3) is 0.435. The van der Waals surface area contributed by atoms with Crippen molar-refractivity contribution in [1.82, 2.24) is 0 Å². The number of methoxy groups -OCH3 is 1. The summed E-state index contributed by atoms with van der Waals surface area (Å²) in [7, 11) is 1.61. The number of nitrogens with zero attached hydrogens (tertiary/aromatic N) is 1. The molecule has 6 heteroatoms. The van der Waals surface area contributed by atoms with Crippen LogP contribution < -0.4 is 9.64 Å². The van der Waals surface area contributed by atoms with E-state index in [1.54, 1.807) is 7.11 Å². The minimum absolute atomic E-state index is 0.0961. The van der Waals surface area contributed by atoms with E-state index in [9.17, 15) is 13.6 Å². The average molecular weight is 418 g/mol. The first-order valence-corrected chi connectivity index (χ1v) is 11.0. The summed E-state index contributed by atoms with van der Waals surface area (Å²) >= 11 is 1.16. The third-order valence-electron chi connectivity index (χ3n) is 5.90. The molecule has 1 atom stereocenters. The van der Waals surface area contributed by atoms with Gasteiger partial charge >= 0.3 is 0 Å². The van der Waals surface area contributed by atoms with Gasteiger partial charge in [-0.1, -0.05) is 23.9 Å². The molecule has 1 aliphatic heterocycles. The van der Waals surface area contributed by atoms with Crippen molar-refractivity contribution >= 4 is 23.2 Å². The fourth-order valence-electron chi connectivity index (χ4n) is 4.32. The van der Waals surface area contributed by atoms with Crippen LogP contribution in [0.3, 0.4) is 0 Å². The van der Waals surface area contributed by atoms with Gasteiger partial charge in [-0.15, -0.1) is 0 Å². The molecule has 29 heavy (non-hydrogen) atoms. The monoisotopic (exact) mass is 417 g/mol. The first-order valence-electron chi connectivity index (χ1n) is 10.0. The summed E-state index contributed by atoms with van der Waals surface area (Å²) in [4.78, 5) is 16.1. The van der Waals surface area contributed by atoms with Gasteiger partial charge in [0.1, 0.15) is 17.9 Å². The highest BCUT2D eigenvalue weighted by molar-refractivity contribution is 7.99. The van der Waals surface area contributed by atoms with E-state index in [4.69, 9.17) is 4.74 Å². The van der Waals surface area contributed by atoms with E-state index in [0.29, 0.717) is 44.5 Å². The molecule has 0 radical (unpaired) electrons. The number of ketones is 1. The van der Waals surface area contributed by atoms with E-state index in [-0.39, 0.29) is 11.7 Å². The van der Waals surface area contributed by atoms with Crippen LogP contribution in [0.15, 0.2) is 41.3 Å². The molecule has 1 saturated heterocycles. The maximum Gasteiger partial charge on any atom is 0.167 e. The number of ether oxygens (including phenoxy) is 1. The first-order chi connectivity index (χ1) is 14.1. The number of carbonyl (C=O) groups excluding carboxylic acids is 1. The molecule has 0 bridgehead atoms. The van der Waals surface area contributed by atoms with Gasteiger partial charge in [0, 0.05) is 29.5 Å². The van der Waals surface area contributed by atoms with Gasteiger partial charge in [-0.05, 0) is 61.1 Å². The largest absolute Gasteiger partial charge is 0.495 e. The number of hydrogen-bond donors (Lipinski definition) is 0. The second kappa shape index (κ2) is 8.74. The van der Waals surface area contributed by atoms with Crippen molar-refractivity contribution in [2.24, 2.45) is 5.92 Å². The minimum atomic E-state index is -0.729. The van der Waals surface area contributed by atoms with Crippen molar-refractivity contribution in [3.8, 4) is 5.75 Å². The van der Waals surface area contributed by atoms with Crippen molar-refractivity contribution < 1.29 is 18.3 Å². The van der Waals surface area contributed by atoms with Crippen molar-refractivity contribution in [2.45, 2.75) is 36.8 Å². The molecular formula is C23H25F2NO2S. The van der Waals surface area contributed by atoms with E-state index in [1.165, 1.54) is 0 Å². The number of thioether (sulfide) groups is 1. The van der Waals surface area contributed by atoms with Crippen molar-refractivity contribution in [3.63, 3.8) is 0 Å². The zero-order valence-electron chi connectivity index (χ0n) is 16.5. The molecule has 2 aromatic carbocycles. The van der Waals surface area contributed by atoms with E-state index in [1.807, 2.05) is 30.3 Å². The Morgan fingerprint density at radius 2 is 1.90 bits per heavy atom. The van der Waals surface area contributed by atoms with E-state index in [0.717, 1.165) is 39.0 Å². The number of hydrogen-bond acceptors (Lipinski definition) is 4. The lowest BCUT2D eigenvalue weighted by Crippen LogP contribution is -2.34. The Bertz CT molecular complexity index is 879. The topological polar surface area (TPSA) is 29.5 Å². The third-order valence-corrected chi connectivity index (χ3v) is 6.61. The molecule has 1 heterocycles. The Morgan fingerprint density at radius 3 is 2.55 bits per heavy atom. The molecule has 0 N–H and O–H groups in total. The standard InChI is InChI=1S/C23H25F2NO2S/c1-28-22-13-20-16(12-21(22)26-8-6-18(25)7-9-26)11-17(23(20)27)10-15-2-4-19(5-3-15)29-14-24/h2-5,12-13,17-18H,6-11,14H2,1H3. The maximum atomic E-state index is 13.5. The Labute approximate surface area is 174 Å². The molecule has 0 aromatic heterocycles. The molecule has 0 spiro atoms. The van der Waals surface area contributed by atoms with Crippen LogP contribution in [0.25, 0.3) is 0 Å². The van der Waals surface area contributed by atoms with Gasteiger partial charge in [0.15, 0.2) is 5.78 Å². The Hall–Kier alpha value is -2.08. The van der Waals surface area contributed by atoms with Gasteiger partial charge in [0.05, 0.1) is 12.8 Å². The molecule has 2 aromatic rings. The van der Waals surface area contributed by atoms with Crippen LogP contribution in [-0.2, 0) is 12.8 Å². The number of carbonyl (C=O) groups is 1. The number of piperidine rings is 1. The van der Waals surface area contributed by atoms with Gasteiger partial charge in [-0.3, -0.25) is 4.79 Å². The average Bonchev–Trinajstić information content (AvgIpc) is 3.04. The summed E-state index contributed by atoms with van der Waals surface area (Å²) in [6.45, 7) is 1.33. The van der Waals surface area contributed by atoms with Gasteiger partial charge < -0.3 is 9.64 Å². The molecule has 4 rings (SSSR count). The van der Waals surface area contributed by atoms with Crippen molar-refractivity contribution in [3.05, 3.63) is 53.1 Å². The number of anilines is 1. The van der Waals surface area contributed by atoms with Gasteiger partial charge in [0.25, 0.3) is 0 Å². The van der Waals surface area contributed by atoms with Gasteiger partial charge in [0.2, 0.25) is 0 Å². The fourth-order valence-corrected chi connectivity index (χ4v) is 4.78. The molecule has 0 saturated carbocycles. The van der Waals surface area contributed by atoms with Crippen LogP contribution in [0.4, 0.5) is 14.5 Å². The molecule has 1 unspecified atom stereocenters. The van der Waals surface area contributed by atoms with Crippen LogP contribution in [0.2, 0.25) is 0 Å². The zero-order chi connectivity index (χ0) is 20.4. The molecular weight excluding hydrogens is 392 g/mol. The lowest BCUT2D eigenvalue weighted by atomic mass is 9.96. The highest BCUT2D eigenvalue weighted by Crippen LogP contribution is 2.39. The number of rotatable bonds is 6. The molecule has 1 aliphatic carbocycles. The van der Waals surface area contributed by atoms with Gasteiger partial charge in [-0.25, -0.2) is 8.78 Å². The molecule has 3 nitrogen and oxygen atoms in total. The predicted molar refractivity (Wildman–Crippen MR) is 113 cm³/mol. The second-order valence-electron chi connectivity index (χ2n) is 7.71. The smallest absolute Gasteiger partial charge is 0.167 e. The van der Waals surface area contributed by atoms with E-state index < -0.39 is 12.2 Å². The van der Waals surface area contributed by atoms with Crippen LogP contribution in [0, 0.1) is 5.92 Å². The number of halogens is 2. The van der Waals surface area contributed by atoms with Crippen LogP contribution in [0.1, 0.15) is 34.3 Å². The summed E-state index contributed by atoms with van der Waals surface area (Å²) in [5.74, 6) is 0.735. The molecule has 1 fully saturated rings. The second-order valence-corrected chi connectivity index (χ2v) is 8.69. The lowest BCUT2D eigenvalue weighted by molar-refractivity contribution is 0.0936. The summed E-state index contributed by atoms with van der Waals surface area (Å²) in [6.07, 6.45) is 1.69. The lowest BCUT2D eigenvalue weighted by Gasteiger charge is -2.32. The Kier molecular flexibility index (Phi) is 6.09. The summed E-state index contributed by atoms with van der Waals surface area (Å²) in [5, 5.41) is 0. The SMILES string of the molecule is COc1cc2c(cc1N1CCC(F)CC1)CC(Cc1ccc(SCF)cc1)C2=O. The number of Topliss-reactive ketones (excluding diaryl/α,β-unsaturated/α-hetero) is 1. The predicted octanol–water partition coefficient (Wildman–Crippen LogP) is 5.25. The molecule has 0 amide bonds. The zero-order valence-corrected chi connectivity index (χ0v) is 17.3. The maximum absolute atomic E-state index is 13.5. The number of benzene rings is 2. The minimum Gasteiger partial charge on any atom is -0.495 e. The van der Waals surface area contributed by atoms with Gasteiger partial charge in [-0.2, -0.15) is 0 Å². The number of alkyl halides is 2. The summed E-state index contributed by atoms with van der Waals surface area (Å²) in [6, 6.07) is 11.2.